The molecule has 3 heterocycles. The molecule has 0 amide bonds. The largest absolute Gasteiger partial charge is 0.456 e. The van der Waals surface area contributed by atoms with E-state index < -0.39 is 0 Å². The molecule has 0 saturated carbocycles. The molecular weight excluding hydrogens is 657 g/mol. The Bertz CT molecular complexity index is 3010. The molecule has 7 aromatic carbocycles. The first-order valence-electron chi connectivity index (χ1n) is 19.7. The van der Waals surface area contributed by atoms with Crippen LogP contribution in [0, 0.1) is 6.92 Å². The Kier molecular flexibility index (Phi) is 8.09. The zero-order valence-electron chi connectivity index (χ0n) is 31.1. The van der Waals surface area contributed by atoms with E-state index in [4.69, 9.17) is 4.42 Å². The highest BCUT2D eigenvalue weighted by molar-refractivity contribution is 6.12. The maximum atomic E-state index is 6.43. The lowest BCUT2D eigenvalue weighted by molar-refractivity contribution is 0.607. The average molecular weight is 701 g/mol. The summed E-state index contributed by atoms with van der Waals surface area (Å²) in [4.78, 5) is 0. The van der Waals surface area contributed by atoms with Gasteiger partial charge in [0.2, 0.25) is 0 Å². The molecule has 0 unspecified atom stereocenters. The van der Waals surface area contributed by atoms with Gasteiger partial charge in [0.25, 0.3) is 0 Å². The van der Waals surface area contributed by atoms with Crippen LogP contribution in [0.2, 0.25) is 0 Å². The first-order chi connectivity index (χ1) is 26.6. The molecule has 3 aromatic heterocycles. The van der Waals surface area contributed by atoms with E-state index in [0.29, 0.717) is 0 Å². The van der Waals surface area contributed by atoms with Crippen LogP contribution in [0.4, 0.5) is 0 Å². The van der Waals surface area contributed by atoms with Crippen molar-refractivity contribution >= 4 is 65.6 Å². The summed E-state index contributed by atoms with van der Waals surface area (Å²) in [6.45, 7) is 4.45. The van der Waals surface area contributed by atoms with Gasteiger partial charge in [-0.2, -0.15) is 0 Å². The number of nitrogens with zero attached hydrogens (tertiary/aromatic N) is 2. The van der Waals surface area contributed by atoms with Gasteiger partial charge < -0.3 is 13.6 Å². The molecule has 0 radical (unpaired) electrons. The van der Waals surface area contributed by atoms with Crippen LogP contribution in [0.15, 0.2) is 150 Å². The predicted octanol–water partition coefficient (Wildman–Crippen LogP) is 14.7. The molecule has 3 nitrogen and oxygen atoms in total. The van der Waals surface area contributed by atoms with Gasteiger partial charge in [0.1, 0.15) is 11.2 Å². The lowest BCUT2D eigenvalue weighted by Crippen LogP contribution is -1.94. The molecule has 264 valence electrons. The average Bonchev–Trinajstić information content (AvgIpc) is 3.86. The molecule has 0 N–H and O–H groups in total. The van der Waals surface area contributed by atoms with E-state index in [1.165, 1.54) is 110 Å². The highest BCUT2D eigenvalue weighted by atomic mass is 16.3. The lowest BCUT2D eigenvalue weighted by Gasteiger charge is -2.11. The third kappa shape index (κ3) is 5.50. The van der Waals surface area contributed by atoms with Gasteiger partial charge in [-0.3, -0.25) is 0 Å². The third-order valence-electron chi connectivity index (χ3n) is 11.5. The van der Waals surface area contributed by atoms with Gasteiger partial charge in [-0.1, -0.05) is 111 Å². The number of aromatic nitrogens is 2. The van der Waals surface area contributed by atoms with Crippen molar-refractivity contribution in [2.45, 2.75) is 58.8 Å². The molecule has 10 rings (SSSR count). The van der Waals surface area contributed by atoms with Gasteiger partial charge in [-0.05, 0) is 115 Å². The van der Waals surface area contributed by atoms with Gasteiger partial charge in [0.05, 0.1) is 22.1 Å². The summed E-state index contributed by atoms with van der Waals surface area (Å²) in [5.41, 5.74) is 14.1. The zero-order chi connectivity index (χ0) is 36.2. The van der Waals surface area contributed by atoms with E-state index in [9.17, 15) is 0 Å². The molecule has 0 aliphatic heterocycles. The van der Waals surface area contributed by atoms with Crippen LogP contribution in [0.5, 0.6) is 0 Å². The summed E-state index contributed by atoms with van der Waals surface area (Å²) in [5.74, 6) is 0. The van der Waals surface area contributed by atoms with Crippen molar-refractivity contribution in [1.29, 1.82) is 0 Å². The number of furan rings is 1. The number of fused-ring (bicyclic) bond motifs is 9. The Balaban J connectivity index is 1.04. The highest BCUT2D eigenvalue weighted by Crippen LogP contribution is 2.38. The maximum absolute atomic E-state index is 6.43. The summed E-state index contributed by atoms with van der Waals surface area (Å²) < 4.78 is 11.3. The number of benzene rings is 7. The van der Waals surface area contributed by atoms with Crippen LogP contribution in [-0.2, 0) is 6.42 Å². The second-order valence-corrected chi connectivity index (χ2v) is 15.1. The number of unbranched alkanes of at least 4 members (excludes halogenated alkanes) is 5. The van der Waals surface area contributed by atoms with Crippen molar-refractivity contribution in [2.75, 3.05) is 0 Å². The fourth-order valence-electron chi connectivity index (χ4n) is 8.84. The predicted molar refractivity (Wildman–Crippen MR) is 230 cm³/mol. The number of hydrogen-bond donors (Lipinski definition) is 0. The summed E-state index contributed by atoms with van der Waals surface area (Å²) in [5, 5.41) is 7.44. The number of para-hydroxylation sites is 2. The van der Waals surface area contributed by atoms with Crippen molar-refractivity contribution in [3.8, 4) is 22.5 Å². The minimum absolute atomic E-state index is 0.900. The first-order valence-corrected chi connectivity index (χ1v) is 19.7. The van der Waals surface area contributed by atoms with Crippen molar-refractivity contribution in [1.82, 2.24) is 9.13 Å². The molecule has 0 spiro atoms. The molecule has 0 saturated heterocycles. The minimum Gasteiger partial charge on any atom is -0.456 e. The van der Waals surface area contributed by atoms with Crippen LogP contribution in [-0.4, -0.2) is 9.13 Å². The smallest absolute Gasteiger partial charge is 0.135 e. The molecule has 0 fully saturated rings. The quantitative estimate of drug-likeness (QED) is 0.130. The monoisotopic (exact) mass is 700 g/mol. The van der Waals surface area contributed by atoms with Crippen LogP contribution < -0.4 is 0 Å². The third-order valence-corrected chi connectivity index (χ3v) is 11.5. The van der Waals surface area contributed by atoms with Crippen LogP contribution in [0.25, 0.3) is 88.1 Å². The Morgan fingerprint density at radius 1 is 0.426 bits per heavy atom. The zero-order valence-corrected chi connectivity index (χ0v) is 31.1. The molecule has 3 heteroatoms. The van der Waals surface area contributed by atoms with E-state index in [1.54, 1.807) is 0 Å². The molecule has 0 atom stereocenters. The van der Waals surface area contributed by atoms with Crippen molar-refractivity contribution in [3.05, 3.63) is 157 Å². The first kappa shape index (κ1) is 32.6. The van der Waals surface area contributed by atoms with Crippen molar-refractivity contribution < 1.29 is 4.42 Å². The van der Waals surface area contributed by atoms with Crippen molar-refractivity contribution in [3.63, 3.8) is 0 Å². The van der Waals surface area contributed by atoms with E-state index in [2.05, 4.69) is 169 Å². The summed E-state index contributed by atoms with van der Waals surface area (Å²) in [7, 11) is 0. The topological polar surface area (TPSA) is 23.0 Å². The minimum atomic E-state index is 0.900. The Hall–Kier alpha value is -6.06. The van der Waals surface area contributed by atoms with E-state index in [1.807, 2.05) is 0 Å². The van der Waals surface area contributed by atoms with Gasteiger partial charge in [0.15, 0.2) is 0 Å². The SMILES string of the molecule is CCCCCCCCc1ccc2c(c1)c1ccccc1n2-c1cccc(-c2ccc3oc4ccc(-n5c6ccccc6c6cc(C)ccc65)cc4c3c2)c1. The van der Waals surface area contributed by atoms with E-state index in [-0.39, 0.29) is 0 Å². The second-order valence-electron chi connectivity index (χ2n) is 15.1. The Morgan fingerprint density at radius 2 is 1.04 bits per heavy atom. The van der Waals surface area contributed by atoms with E-state index in [0.717, 1.165) is 34.0 Å². The molecule has 0 aliphatic carbocycles. The number of hydrogen-bond acceptors (Lipinski definition) is 1. The Morgan fingerprint density at radius 3 is 1.81 bits per heavy atom. The fraction of sp³-hybridized carbons (Fsp3) is 0.176. The molecule has 54 heavy (non-hydrogen) atoms. The van der Waals surface area contributed by atoms with E-state index >= 15 is 0 Å². The normalized spacial score (nSPS) is 12.0. The maximum Gasteiger partial charge on any atom is 0.135 e. The summed E-state index contributed by atoms with van der Waals surface area (Å²) >= 11 is 0. The van der Waals surface area contributed by atoms with Crippen LogP contribution in [0.1, 0.15) is 56.6 Å². The second kappa shape index (κ2) is 13.4. The van der Waals surface area contributed by atoms with Gasteiger partial charge in [0, 0.05) is 43.7 Å². The lowest BCUT2D eigenvalue weighted by atomic mass is 10.0. The highest BCUT2D eigenvalue weighted by Gasteiger charge is 2.17. The number of rotatable bonds is 10. The van der Waals surface area contributed by atoms with Gasteiger partial charge in [-0.15, -0.1) is 0 Å². The summed E-state index contributed by atoms with van der Waals surface area (Å²) in [6, 6.07) is 53.7. The standard InChI is InChI=1S/C51H44N2O/c1-3-4-5-6-7-8-14-35-22-26-49-43(30-35)41-18-10-12-20-47(41)52(49)38-16-13-15-36(31-38)37-23-27-50-44(32-37)45-33-39(24-28-51(45)54-50)53-46-19-11-9-17-40(46)42-29-34(2)21-25-48(42)53/h9-13,15-33H,3-8,14H2,1-2H3. The van der Waals surface area contributed by atoms with Crippen LogP contribution in [0.3, 0.4) is 0 Å². The fourth-order valence-corrected chi connectivity index (χ4v) is 8.84. The summed E-state index contributed by atoms with van der Waals surface area (Å²) in [6.07, 6.45) is 9.07. The van der Waals surface area contributed by atoms with Crippen molar-refractivity contribution in [2.24, 2.45) is 0 Å². The van der Waals surface area contributed by atoms with Gasteiger partial charge >= 0.3 is 0 Å². The Labute approximate surface area is 316 Å². The molecular formula is C51H44N2O. The number of aryl methyl sites for hydroxylation is 2. The molecule has 0 aliphatic rings. The van der Waals surface area contributed by atoms with Gasteiger partial charge in [-0.25, -0.2) is 0 Å². The van der Waals surface area contributed by atoms with Crippen LogP contribution >= 0.6 is 0 Å². The molecule has 0 bridgehead atoms. The molecule has 10 aromatic rings.